The molecule has 0 spiro atoms. The van der Waals surface area contributed by atoms with Gasteiger partial charge in [-0.25, -0.2) is 9.37 Å². The molecule has 0 unspecified atom stereocenters. The van der Waals surface area contributed by atoms with Crippen molar-refractivity contribution in [3.05, 3.63) is 189 Å². The standard InChI is InChI=1S/C11H17NO2.C10H13Cl.C10H13F.C10H15NO.C10H14.C9H14N2/c1-11(2,3)9-4-8(6-13)10(7-14)12-5-9;2*1-10(2,3)8-4-6-9(11)7-5-8;1-10(2,3)8-4-5-9(7-12)11-6-8;1-10(2,3)9-7-5-4-6-8-9;1-9(2,3)7-4-5-8(10)11-6-7/h4-5,13-14H,6-7H2,1-3H3;2*4-7H,1-3H3;4-6,12H,7H2,1-3H3;4-8H,1-3H3;4-6H,1-3H3,(H2,10,11). The van der Waals surface area contributed by atoms with Gasteiger partial charge in [0.2, 0.25) is 0 Å². The highest BCUT2D eigenvalue weighted by molar-refractivity contribution is 6.30. The molecule has 378 valence electrons. The first kappa shape index (κ1) is 62.0. The number of nitrogens with zero attached hydrogens (tertiary/aromatic N) is 3. The third-order valence-electron chi connectivity index (χ3n) is 10.8. The summed E-state index contributed by atoms with van der Waals surface area (Å²) >= 11 is 5.76. The number of benzene rings is 3. The quantitative estimate of drug-likeness (QED) is 0.139. The second-order valence-electron chi connectivity index (χ2n) is 23.2. The first-order valence-corrected chi connectivity index (χ1v) is 24.1. The molecule has 3 aromatic carbocycles. The van der Waals surface area contributed by atoms with E-state index < -0.39 is 0 Å². The Morgan fingerprint density at radius 3 is 1.13 bits per heavy atom. The SMILES string of the molecule is CC(C)(C)c1ccc(CO)nc1.CC(C)(C)c1ccc(Cl)cc1.CC(C)(C)c1ccc(F)cc1.CC(C)(C)c1ccc(N)nc1.CC(C)(C)c1ccccc1.CC(C)(C)c1cnc(CO)c(CO)c1. The number of halogens is 2. The highest BCUT2D eigenvalue weighted by Gasteiger charge is 2.17. The Morgan fingerprint density at radius 1 is 0.420 bits per heavy atom. The first-order valence-electron chi connectivity index (χ1n) is 23.7. The summed E-state index contributed by atoms with van der Waals surface area (Å²) in [5.74, 6) is 0.413. The molecular weight excluding hydrogens is 879 g/mol. The molecule has 6 aromatic rings. The van der Waals surface area contributed by atoms with Crippen molar-refractivity contribution in [2.45, 2.75) is 177 Å². The average Bonchev–Trinajstić information content (AvgIpc) is 3.26. The molecule has 0 fully saturated rings. The van der Waals surface area contributed by atoms with E-state index >= 15 is 0 Å². The maximum atomic E-state index is 12.5. The van der Waals surface area contributed by atoms with Gasteiger partial charge < -0.3 is 21.1 Å². The van der Waals surface area contributed by atoms with Gasteiger partial charge in [0, 0.05) is 29.2 Å². The van der Waals surface area contributed by atoms with E-state index in [-0.39, 0.29) is 52.7 Å². The van der Waals surface area contributed by atoms with Crippen molar-refractivity contribution in [2.24, 2.45) is 0 Å². The summed E-state index contributed by atoms with van der Waals surface area (Å²) in [6, 6.07) is 34.8. The molecule has 0 aliphatic carbocycles. The number of nitrogens with two attached hydrogens (primary N) is 1. The lowest BCUT2D eigenvalue weighted by Gasteiger charge is -2.19. The number of hydrogen-bond donors (Lipinski definition) is 4. The van der Waals surface area contributed by atoms with Crippen molar-refractivity contribution in [1.29, 1.82) is 0 Å². The number of rotatable bonds is 3. The van der Waals surface area contributed by atoms with E-state index in [0.29, 0.717) is 22.5 Å². The van der Waals surface area contributed by atoms with Gasteiger partial charge in [-0.3, -0.25) is 9.97 Å². The second-order valence-corrected chi connectivity index (χ2v) is 23.6. The summed E-state index contributed by atoms with van der Waals surface area (Å²) in [6.45, 7) is 38.5. The molecule has 5 N–H and O–H groups in total. The van der Waals surface area contributed by atoms with Gasteiger partial charge >= 0.3 is 0 Å². The van der Waals surface area contributed by atoms with Crippen LogP contribution in [0.3, 0.4) is 0 Å². The monoisotopic (exact) mass is 965 g/mol. The zero-order valence-corrected chi connectivity index (χ0v) is 46.0. The van der Waals surface area contributed by atoms with Crippen LogP contribution in [0, 0.1) is 5.82 Å². The normalized spacial score (nSPS) is 11.6. The lowest BCUT2D eigenvalue weighted by molar-refractivity contribution is 0.255. The summed E-state index contributed by atoms with van der Waals surface area (Å²) in [7, 11) is 0. The van der Waals surface area contributed by atoms with Gasteiger partial charge in [0.05, 0.1) is 31.2 Å². The van der Waals surface area contributed by atoms with Crippen LogP contribution in [0.4, 0.5) is 10.2 Å². The highest BCUT2D eigenvalue weighted by atomic mass is 35.5. The van der Waals surface area contributed by atoms with Crippen molar-refractivity contribution in [2.75, 3.05) is 5.73 Å². The van der Waals surface area contributed by atoms with E-state index in [2.05, 4.69) is 182 Å². The number of aliphatic hydroxyl groups is 3. The summed E-state index contributed by atoms with van der Waals surface area (Å²) in [5.41, 5.74) is 15.8. The Balaban J connectivity index is 0.000000415. The summed E-state index contributed by atoms with van der Waals surface area (Å²) in [4.78, 5) is 12.3. The first-order chi connectivity index (χ1) is 31.6. The molecule has 69 heavy (non-hydrogen) atoms. The number of hydrogen-bond acceptors (Lipinski definition) is 7. The summed E-state index contributed by atoms with van der Waals surface area (Å²) < 4.78 is 12.5. The van der Waals surface area contributed by atoms with Crippen molar-refractivity contribution in [3.63, 3.8) is 0 Å². The Bertz CT molecular complexity index is 2200. The van der Waals surface area contributed by atoms with E-state index in [1.807, 2.05) is 67.0 Å². The molecule has 3 heterocycles. The Morgan fingerprint density at radius 2 is 0.797 bits per heavy atom. The minimum Gasteiger partial charge on any atom is -0.392 e. The van der Waals surface area contributed by atoms with Crippen LogP contribution in [-0.4, -0.2) is 30.3 Å². The zero-order valence-electron chi connectivity index (χ0n) is 45.3. The fourth-order valence-corrected chi connectivity index (χ4v) is 6.00. The van der Waals surface area contributed by atoms with Crippen LogP contribution >= 0.6 is 11.6 Å². The molecule has 0 saturated heterocycles. The number of nitrogen functional groups attached to an aromatic ring is 1. The predicted molar refractivity (Wildman–Crippen MR) is 291 cm³/mol. The number of aromatic nitrogens is 3. The van der Waals surface area contributed by atoms with Gasteiger partial charge in [-0.2, -0.15) is 0 Å². The van der Waals surface area contributed by atoms with Crippen LogP contribution in [0.1, 0.15) is 175 Å². The smallest absolute Gasteiger partial charge is 0.123 e. The second kappa shape index (κ2) is 27.4. The molecule has 3 aromatic heterocycles. The molecule has 0 amide bonds. The van der Waals surface area contributed by atoms with Crippen LogP contribution in [0.15, 0.2) is 128 Å². The third-order valence-corrected chi connectivity index (χ3v) is 11.1. The van der Waals surface area contributed by atoms with E-state index in [1.54, 1.807) is 6.20 Å². The fourth-order valence-electron chi connectivity index (χ4n) is 5.88. The van der Waals surface area contributed by atoms with Gasteiger partial charge in [0.1, 0.15) is 11.6 Å². The van der Waals surface area contributed by atoms with Crippen LogP contribution in [0.2, 0.25) is 5.02 Å². The molecule has 0 atom stereocenters. The maximum absolute atomic E-state index is 12.5. The predicted octanol–water partition coefficient (Wildman–Crippen LogP) is 14.9. The van der Waals surface area contributed by atoms with Crippen molar-refractivity contribution < 1.29 is 19.7 Å². The van der Waals surface area contributed by atoms with Crippen molar-refractivity contribution in [3.8, 4) is 0 Å². The molecule has 7 nitrogen and oxygen atoms in total. The highest BCUT2D eigenvalue weighted by Crippen LogP contribution is 2.26. The Kier molecular flexibility index (Phi) is 24.6. The zero-order chi connectivity index (χ0) is 53.0. The fraction of sp³-hybridized carbons (Fsp3) is 0.450. The average molecular weight is 966 g/mol. The number of anilines is 1. The largest absolute Gasteiger partial charge is 0.392 e. The third kappa shape index (κ3) is 24.4. The summed E-state index contributed by atoms with van der Waals surface area (Å²) in [6.07, 6.45) is 5.41. The molecule has 6 rings (SSSR count). The molecule has 0 saturated carbocycles. The minimum absolute atomic E-state index is 0.0183. The molecule has 0 aliphatic heterocycles. The Labute approximate surface area is 421 Å². The van der Waals surface area contributed by atoms with E-state index in [4.69, 9.17) is 32.7 Å². The van der Waals surface area contributed by atoms with E-state index in [1.165, 1.54) is 39.9 Å². The van der Waals surface area contributed by atoms with Gasteiger partial charge in [-0.1, -0.05) is 203 Å². The molecule has 0 aliphatic rings. The van der Waals surface area contributed by atoms with Gasteiger partial charge in [0.25, 0.3) is 0 Å². The van der Waals surface area contributed by atoms with Gasteiger partial charge in [-0.15, -0.1) is 0 Å². The topological polar surface area (TPSA) is 125 Å². The van der Waals surface area contributed by atoms with E-state index in [0.717, 1.165) is 16.3 Å². The molecule has 9 heteroatoms. The number of aliphatic hydroxyl groups excluding tert-OH is 3. The number of pyridine rings is 3. The van der Waals surface area contributed by atoms with Crippen molar-refractivity contribution >= 4 is 17.4 Å². The molecular formula is C60H86ClFN4O3. The maximum Gasteiger partial charge on any atom is 0.123 e. The van der Waals surface area contributed by atoms with Crippen LogP contribution in [0.25, 0.3) is 0 Å². The van der Waals surface area contributed by atoms with Crippen LogP contribution < -0.4 is 5.73 Å². The van der Waals surface area contributed by atoms with Gasteiger partial charge in [-0.05, 0) is 108 Å². The molecule has 0 radical (unpaired) electrons. The summed E-state index contributed by atoms with van der Waals surface area (Å²) in [5, 5.41) is 27.6. The van der Waals surface area contributed by atoms with Gasteiger partial charge in [0.15, 0.2) is 0 Å². The van der Waals surface area contributed by atoms with Crippen LogP contribution in [0.5, 0.6) is 0 Å². The minimum atomic E-state index is -0.169. The molecule has 0 bridgehead atoms. The van der Waals surface area contributed by atoms with Crippen LogP contribution in [-0.2, 0) is 52.3 Å². The lowest BCUT2D eigenvalue weighted by Crippen LogP contribution is -2.13. The lowest BCUT2D eigenvalue weighted by atomic mass is 9.87. The van der Waals surface area contributed by atoms with Crippen molar-refractivity contribution in [1.82, 2.24) is 15.0 Å². The van der Waals surface area contributed by atoms with E-state index in [9.17, 15) is 4.39 Å². The Hall–Kier alpha value is -4.99.